The molecule has 21 heavy (non-hydrogen) atoms. The van der Waals surface area contributed by atoms with Crippen LogP contribution in [0.25, 0.3) is 12.2 Å². The zero-order chi connectivity index (χ0) is 15.9. The highest BCUT2D eigenvalue weighted by atomic mass is 35.5. The van der Waals surface area contributed by atoms with Crippen molar-refractivity contribution in [2.75, 3.05) is 0 Å². The zero-order valence-electron chi connectivity index (χ0n) is 13.1. The predicted molar refractivity (Wildman–Crippen MR) is 96.8 cm³/mol. The SMILES string of the molecule is C=Cc1ccccc1C(C)(C)C.C=Cc1ccccc1Cl. The van der Waals surface area contributed by atoms with E-state index in [0.717, 1.165) is 10.6 Å². The lowest BCUT2D eigenvalue weighted by Crippen LogP contribution is -2.12. The molecular formula is C20H23Cl. The highest BCUT2D eigenvalue weighted by Crippen LogP contribution is 2.25. The second-order valence-corrected chi connectivity index (χ2v) is 6.17. The molecule has 0 amide bonds. The summed E-state index contributed by atoms with van der Waals surface area (Å²) >= 11 is 5.75. The molecule has 0 unspecified atom stereocenters. The van der Waals surface area contributed by atoms with E-state index in [2.05, 4.69) is 52.1 Å². The smallest absolute Gasteiger partial charge is 0.0478 e. The molecule has 0 atom stereocenters. The molecule has 110 valence electrons. The first kappa shape index (κ1) is 17.3. The Kier molecular flexibility index (Phi) is 6.45. The fourth-order valence-electron chi connectivity index (χ4n) is 2.00. The second-order valence-electron chi connectivity index (χ2n) is 5.77. The Hall–Kier alpha value is -1.79. The highest BCUT2D eigenvalue weighted by Gasteiger charge is 2.15. The topological polar surface area (TPSA) is 0 Å². The molecule has 2 rings (SSSR count). The Morgan fingerprint density at radius 2 is 1.29 bits per heavy atom. The van der Waals surface area contributed by atoms with E-state index in [9.17, 15) is 0 Å². The monoisotopic (exact) mass is 298 g/mol. The molecule has 0 saturated heterocycles. The van der Waals surface area contributed by atoms with Crippen molar-refractivity contribution in [3.05, 3.63) is 83.4 Å². The summed E-state index contributed by atoms with van der Waals surface area (Å²) in [5.41, 5.74) is 3.80. The largest absolute Gasteiger partial charge is 0.0985 e. The zero-order valence-corrected chi connectivity index (χ0v) is 13.8. The molecule has 0 spiro atoms. The van der Waals surface area contributed by atoms with E-state index < -0.39 is 0 Å². The maximum Gasteiger partial charge on any atom is 0.0478 e. The normalized spacial score (nSPS) is 10.3. The third kappa shape index (κ3) is 5.24. The van der Waals surface area contributed by atoms with Crippen LogP contribution in [-0.4, -0.2) is 0 Å². The molecule has 0 aliphatic heterocycles. The molecule has 0 bridgehead atoms. The van der Waals surface area contributed by atoms with Gasteiger partial charge in [0.15, 0.2) is 0 Å². The summed E-state index contributed by atoms with van der Waals surface area (Å²) in [6.45, 7) is 14.1. The van der Waals surface area contributed by atoms with Crippen LogP contribution in [0.5, 0.6) is 0 Å². The van der Waals surface area contributed by atoms with Crippen molar-refractivity contribution in [1.82, 2.24) is 0 Å². The van der Waals surface area contributed by atoms with E-state index in [1.165, 1.54) is 11.1 Å². The van der Waals surface area contributed by atoms with Crippen LogP contribution in [-0.2, 0) is 5.41 Å². The van der Waals surface area contributed by atoms with Gasteiger partial charge in [0.05, 0.1) is 0 Å². The number of hydrogen-bond acceptors (Lipinski definition) is 0. The van der Waals surface area contributed by atoms with Crippen molar-refractivity contribution < 1.29 is 0 Å². The summed E-state index contributed by atoms with van der Waals surface area (Å²) in [6, 6.07) is 16.0. The lowest BCUT2D eigenvalue weighted by Gasteiger charge is -2.21. The third-order valence-electron chi connectivity index (χ3n) is 3.11. The fraction of sp³-hybridized carbons (Fsp3) is 0.200. The molecule has 0 fully saturated rings. The molecule has 0 aliphatic rings. The maximum absolute atomic E-state index is 5.75. The molecule has 0 heterocycles. The van der Waals surface area contributed by atoms with Gasteiger partial charge in [0.25, 0.3) is 0 Å². The number of halogens is 1. The first-order valence-electron chi connectivity index (χ1n) is 6.99. The number of benzene rings is 2. The summed E-state index contributed by atoms with van der Waals surface area (Å²) in [4.78, 5) is 0. The average Bonchev–Trinajstić information content (AvgIpc) is 2.47. The Morgan fingerprint density at radius 3 is 1.67 bits per heavy atom. The van der Waals surface area contributed by atoms with E-state index in [0.29, 0.717) is 0 Å². The van der Waals surface area contributed by atoms with Crippen LogP contribution >= 0.6 is 11.6 Å². The van der Waals surface area contributed by atoms with Gasteiger partial charge in [-0.2, -0.15) is 0 Å². The van der Waals surface area contributed by atoms with Crippen molar-refractivity contribution in [2.45, 2.75) is 26.2 Å². The molecule has 0 aromatic heterocycles. The van der Waals surface area contributed by atoms with Gasteiger partial charge in [0.1, 0.15) is 0 Å². The van der Waals surface area contributed by atoms with Crippen molar-refractivity contribution >= 4 is 23.8 Å². The van der Waals surface area contributed by atoms with E-state index in [1.807, 2.05) is 36.4 Å². The van der Waals surface area contributed by atoms with E-state index in [4.69, 9.17) is 11.6 Å². The number of rotatable bonds is 2. The lowest BCUT2D eigenvalue weighted by molar-refractivity contribution is 0.589. The standard InChI is InChI=1S/C12H16.C8H7Cl/c1-5-10-8-6-7-9-11(10)12(2,3)4;1-2-7-5-3-4-6-8(7)9/h5-9H,1H2,2-4H3;2-6H,1H2. The van der Waals surface area contributed by atoms with Crippen LogP contribution in [0.3, 0.4) is 0 Å². The Morgan fingerprint density at radius 1 is 0.810 bits per heavy atom. The van der Waals surface area contributed by atoms with Gasteiger partial charge >= 0.3 is 0 Å². The number of hydrogen-bond donors (Lipinski definition) is 0. The molecular weight excluding hydrogens is 276 g/mol. The van der Waals surface area contributed by atoms with Crippen molar-refractivity contribution in [3.8, 4) is 0 Å². The van der Waals surface area contributed by atoms with Gasteiger partial charge in [-0.05, 0) is 28.2 Å². The van der Waals surface area contributed by atoms with Gasteiger partial charge in [0, 0.05) is 5.02 Å². The van der Waals surface area contributed by atoms with Crippen molar-refractivity contribution in [1.29, 1.82) is 0 Å². The summed E-state index contributed by atoms with van der Waals surface area (Å²) in [5.74, 6) is 0. The molecule has 0 saturated carbocycles. The van der Waals surface area contributed by atoms with Crippen LogP contribution in [0.1, 0.15) is 37.5 Å². The highest BCUT2D eigenvalue weighted by molar-refractivity contribution is 6.32. The molecule has 2 aromatic rings. The predicted octanol–water partition coefficient (Wildman–Crippen LogP) is 6.61. The molecule has 1 heteroatoms. The average molecular weight is 299 g/mol. The second kappa shape index (κ2) is 7.85. The van der Waals surface area contributed by atoms with Gasteiger partial charge in [-0.25, -0.2) is 0 Å². The van der Waals surface area contributed by atoms with Crippen LogP contribution in [0.15, 0.2) is 61.7 Å². The molecule has 0 aliphatic carbocycles. The van der Waals surface area contributed by atoms with E-state index in [1.54, 1.807) is 6.08 Å². The van der Waals surface area contributed by atoms with Crippen LogP contribution in [0.2, 0.25) is 5.02 Å². The van der Waals surface area contributed by atoms with Gasteiger partial charge in [-0.3, -0.25) is 0 Å². The Labute approximate surface area is 133 Å². The first-order valence-corrected chi connectivity index (χ1v) is 7.37. The van der Waals surface area contributed by atoms with Gasteiger partial charge < -0.3 is 0 Å². The van der Waals surface area contributed by atoms with Gasteiger partial charge in [-0.1, -0.05) is 100 Å². The Balaban J connectivity index is 0.000000219. The molecule has 0 N–H and O–H groups in total. The minimum absolute atomic E-state index is 0.213. The maximum atomic E-state index is 5.75. The Bertz CT molecular complexity index is 603. The van der Waals surface area contributed by atoms with Crippen LogP contribution in [0, 0.1) is 0 Å². The van der Waals surface area contributed by atoms with Crippen molar-refractivity contribution in [3.63, 3.8) is 0 Å². The summed E-state index contributed by atoms with van der Waals surface area (Å²) < 4.78 is 0. The summed E-state index contributed by atoms with van der Waals surface area (Å²) in [5, 5.41) is 0.757. The van der Waals surface area contributed by atoms with Crippen molar-refractivity contribution in [2.24, 2.45) is 0 Å². The first-order chi connectivity index (χ1) is 9.90. The molecule has 0 nitrogen and oxygen atoms in total. The van der Waals surface area contributed by atoms with Gasteiger partial charge in [0.2, 0.25) is 0 Å². The molecule has 2 aromatic carbocycles. The van der Waals surface area contributed by atoms with E-state index in [-0.39, 0.29) is 5.41 Å². The fourth-order valence-corrected chi connectivity index (χ4v) is 2.21. The van der Waals surface area contributed by atoms with Crippen LogP contribution < -0.4 is 0 Å². The quantitative estimate of drug-likeness (QED) is 0.585. The third-order valence-corrected chi connectivity index (χ3v) is 3.46. The minimum atomic E-state index is 0.213. The molecule has 0 radical (unpaired) electrons. The summed E-state index contributed by atoms with van der Waals surface area (Å²) in [6.07, 6.45) is 3.66. The lowest BCUT2D eigenvalue weighted by atomic mass is 9.84. The summed E-state index contributed by atoms with van der Waals surface area (Å²) in [7, 11) is 0. The minimum Gasteiger partial charge on any atom is -0.0985 e. The van der Waals surface area contributed by atoms with Crippen LogP contribution in [0.4, 0.5) is 0 Å². The van der Waals surface area contributed by atoms with Gasteiger partial charge in [-0.15, -0.1) is 0 Å². The van der Waals surface area contributed by atoms with E-state index >= 15 is 0 Å².